The fraction of sp³-hybridized carbons (Fsp3) is 0.583. The Balaban J connectivity index is 2.79. The van der Waals surface area contributed by atoms with Gasteiger partial charge >= 0.3 is 0 Å². The van der Waals surface area contributed by atoms with Gasteiger partial charge in [0, 0.05) is 12.6 Å². The molecule has 0 saturated heterocycles. The summed E-state index contributed by atoms with van der Waals surface area (Å²) in [6.45, 7) is 6.61. The summed E-state index contributed by atoms with van der Waals surface area (Å²) in [5, 5.41) is 6.52. The van der Waals surface area contributed by atoms with E-state index in [1.807, 2.05) is 25.2 Å². The Labute approximate surface area is 92.3 Å². The highest BCUT2D eigenvalue weighted by Gasteiger charge is 2.19. The van der Waals surface area contributed by atoms with Gasteiger partial charge in [-0.15, -0.1) is 0 Å². The van der Waals surface area contributed by atoms with E-state index in [9.17, 15) is 0 Å². The lowest BCUT2D eigenvalue weighted by Gasteiger charge is -2.29. The van der Waals surface area contributed by atoms with Crippen LogP contribution in [-0.4, -0.2) is 17.6 Å². The summed E-state index contributed by atoms with van der Waals surface area (Å²) in [5.74, 6) is 1.84. The lowest BCUT2D eigenvalue weighted by atomic mass is 9.96. The van der Waals surface area contributed by atoms with Gasteiger partial charge in [0.25, 0.3) is 0 Å². The van der Waals surface area contributed by atoms with Crippen molar-refractivity contribution in [3.05, 3.63) is 18.2 Å². The Kier molecular flexibility index (Phi) is 3.95. The van der Waals surface area contributed by atoms with Crippen molar-refractivity contribution in [2.24, 2.45) is 0 Å². The molecule has 0 aliphatic rings. The average Bonchev–Trinajstić information content (AvgIpc) is 2.29. The minimum absolute atomic E-state index is 0.138. The molecule has 0 unspecified atom stereocenters. The Bertz CT molecular complexity index is 305. The summed E-state index contributed by atoms with van der Waals surface area (Å²) in [7, 11) is 1.88. The van der Waals surface area contributed by atoms with Crippen LogP contribution >= 0.6 is 0 Å². The average molecular weight is 207 g/mol. The standard InChI is InChI=1S/C12H21N3/c1-5-12(3,6-2)15-11-9-7-8-10(13-4)14-11/h7-9H,5-6H2,1-4H3,(H2,13,14,15). The molecule has 84 valence electrons. The zero-order chi connectivity index (χ0) is 11.3. The van der Waals surface area contributed by atoms with Crippen molar-refractivity contribution >= 4 is 11.6 Å². The maximum atomic E-state index is 4.45. The van der Waals surface area contributed by atoms with Crippen molar-refractivity contribution in [2.75, 3.05) is 17.7 Å². The minimum Gasteiger partial charge on any atom is -0.373 e. The van der Waals surface area contributed by atoms with Crippen LogP contribution in [0.1, 0.15) is 33.6 Å². The molecule has 0 aliphatic heterocycles. The van der Waals surface area contributed by atoms with E-state index in [0.717, 1.165) is 24.5 Å². The van der Waals surface area contributed by atoms with E-state index in [0.29, 0.717) is 0 Å². The van der Waals surface area contributed by atoms with Crippen LogP contribution in [0, 0.1) is 0 Å². The zero-order valence-electron chi connectivity index (χ0n) is 10.1. The molecule has 0 bridgehead atoms. The lowest BCUT2D eigenvalue weighted by Crippen LogP contribution is -2.33. The van der Waals surface area contributed by atoms with Crippen LogP contribution in [0.25, 0.3) is 0 Å². The molecular formula is C12H21N3. The molecule has 0 amide bonds. The SMILES string of the molecule is CCC(C)(CC)Nc1cccc(NC)n1. The number of hydrogen-bond acceptors (Lipinski definition) is 3. The van der Waals surface area contributed by atoms with Gasteiger partial charge in [-0.25, -0.2) is 4.98 Å². The van der Waals surface area contributed by atoms with E-state index >= 15 is 0 Å². The van der Waals surface area contributed by atoms with E-state index in [2.05, 4.69) is 36.4 Å². The van der Waals surface area contributed by atoms with Gasteiger partial charge in [-0.05, 0) is 31.9 Å². The fourth-order valence-electron chi connectivity index (χ4n) is 1.38. The summed E-state index contributed by atoms with van der Waals surface area (Å²) in [6.07, 6.45) is 2.18. The molecule has 0 spiro atoms. The van der Waals surface area contributed by atoms with Crippen molar-refractivity contribution in [3.8, 4) is 0 Å². The smallest absolute Gasteiger partial charge is 0.128 e. The Morgan fingerprint density at radius 2 is 1.80 bits per heavy atom. The molecule has 0 radical (unpaired) electrons. The molecule has 1 rings (SSSR count). The van der Waals surface area contributed by atoms with E-state index in [1.165, 1.54) is 0 Å². The largest absolute Gasteiger partial charge is 0.373 e. The first-order valence-corrected chi connectivity index (χ1v) is 5.56. The molecule has 15 heavy (non-hydrogen) atoms. The molecule has 1 heterocycles. The maximum absolute atomic E-state index is 4.45. The van der Waals surface area contributed by atoms with Crippen molar-refractivity contribution < 1.29 is 0 Å². The van der Waals surface area contributed by atoms with Gasteiger partial charge in [0.05, 0.1) is 0 Å². The second kappa shape index (κ2) is 5.01. The summed E-state index contributed by atoms with van der Waals surface area (Å²) >= 11 is 0. The van der Waals surface area contributed by atoms with Gasteiger partial charge in [0.2, 0.25) is 0 Å². The van der Waals surface area contributed by atoms with Crippen LogP contribution in [0.2, 0.25) is 0 Å². The topological polar surface area (TPSA) is 37.0 Å². The van der Waals surface area contributed by atoms with Gasteiger partial charge in [0.15, 0.2) is 0 Å². The molecular weight excluding hydrogens is 186 g/mol. The second-order valence-electron chi connectivity index (χ2n) is 4.05. The molecule has 3 nitrogen and oxygen atoms in total. The van der Waals surface area contributed by atoms with Crippen LogP contribution in [0.5, 0.6) is 0 Å². The van der Waals surface area contributed by atoms with E-state index < -0.39 is 0 Å². The fourth-order valence-corrected chi connectivity index (χ4v) is 1.38. The van der Waals surface area contributed by atoms with Crippen LogP contribution in [0.4, 0.5) is 11.6 Å². The highest BCUT2D eigenvalue weighted by atomic mass is 15.1. The van der Waals surface area contributed by atoms with Gasteiger partial charge in [-0.1, -0.05) is 19.9 Å². The first kappa shape index (κ1) is 11.8. The Hall–Kier alpha value is -1.25. The predicted molar refractivity (Wildman–Crippen MR) is 66.4 cm³/mol. The van der Waals surface area contributed by atoms with E-state index in [-0.39, 0.29) is 5.54 Å². The molecule has 1 aromatic rings. The summed E-state index contributed by atoms with van der Waals surface area (Å²) in [6, 6.07) is 5.97. The van der Waals surface area contributed by atoms with Crippen molar-refractivity contribution in [2.45, 2.75) is 39.2 Å². The molecule has 0 saturated carbocycles. The summed E-state index contributed by atoms with van der Waals surface area (Å²) in [4.78, 5) is 4.45. The number of nitrogens with one attached hydrogen (secondary N) is 2. The first-order chi connectivity index (χ1) is 7.13. The van der Waals surface area contributed by atoms with Gasteiger partial charge < -0.3 is 10.6 Å². The van der Waals surface area contributed by atoms with Crippen LogP contribution in [0.3, 0.4) is 0 Å². The van der Waals surface area contributed by atoms with Crippen molar-refractivity contribution in [1.29, 1.82) is 0 Å². The summed E-state index contributed by atoms with van der Waals surface area (Å²) in [5.41, 5.74) is 0.138. The third kappa shape index (κ3) is 3.11. The van der Waals surface area contributed by atoms with Gasteiger partial charge in [-0.3, -0.25) is 0 Å². The lowest BCUT2D eigenvalue weighted by molar-refractivity contribution is 0.477. The molecule has 0 aliphatic carbocycles. The number of hydrogen-bond donors (Lipinski definition) is 2. The molecule has 3 heteroatoms. The monoisotopic (exact) mass is 207 g/mol. The van der Waals surface area contributed by atoms with Crippen molar-refractivity contribution in [3.63, 3.8) is 0 Å². The molecule has 0 fully saturated rings. The Morgan fingerprint density at radius 3 is 2.33 bits per heavy atom. The third-order valence-corrected chi connectivity index (χ3v) is 3.00. The number of nitrogens with zero attached hydrogens (tertiary/aromatic N) is 1. The van der Waals surface area contributed by atoms with Crippen molar-refractivity contribution in [1.82, 2.24) is 4.98 Å². The van der Waals surface area contributed by atoms with Crippen LogP contribution in [-0.2, 0) is 0 Å². The van der Waals surface area contributed by atoms with Crippen LogP contribution in [0.15, 0.2) is 18.2 Å². The molecule has 1 aromatic heterocycles. The molecule has 2 N–H and O–H groups in total. The maximum Gasteiger partial charge on any atom is 0.128 e. The van der Waals surface area contributed by atoms with E-state index in [1.54, 1.807) is 0 Å². The van der Waals surface area contributed by atoms with Gasteiger partial charge in [0.1, 0.15) is 11.6 Å². The quantitative estimate of drug-likeness (QED) is 0.779. The van der Waals surface area contributed by atoms with Crippen LogP contribution < -0.4 is 10.6 Å². The normalized spacial score (nSPS) is 11.2. The second-order valence-corrected chi connectivity index (χ2v) is 4.05. The first-order valence-electron chi connectivity index (χ1n) is 5.56. The summed E-state index contributed by atoms with van der Waals surface area (Å²) < 4.78 is 0. The highest BCUT2D eigenvalue weighted by Crippen LogP contribution is 2.20. The number of rotatable bonds is 5. The third-order valence-electron chi connectivity index (χ3n) is 3.00. The zero-order valence-corrected chi connectivity index (χ0v) is 10.1. The molecule has 0 aromatic carbocycles. The number of pyridine rings is 1. The minimum atomic E-state index is 0.138. The molecule has 0 atom stereocenters. The number of anilines is 2. The highest BCUT2D eigenvalue weighted by molar-refractivity contribution is 5.46. The Morgan fingerprint density at radius 1 is 1.20 bits per heavy atom. The predicted octanol–water partition coefficient (Wildman–Crippen LogP) is 3.11. The van der Waals surface area contributed by atoms with E-state index in [4.69, 9.17) is 0 Å². The number of aromatic nitrogens is 1. The van der Waals surface area contributed by atoms with Gasteiger partial charge in [-0.2, -0.15) is 0 Å².